The van der Waals surface area contributed by atoms with E-state index in [-0.39, 0.29) is 0 Å². The van der Waals surface area contributed by atoms with E-state index in [4.69, 9.17) is 4.74 Å². The summed E-state index contributed by atoms with van der Waals surface area (Å²) in [6.07, 6.45) is 0. The second kappa shape index (κ2) is 5.01. The van der Waals surface area contributed by atoms with Gasteiger partial charge in [-0.2, -0.15) is 0 Å². The van der Waals surface area contributed by atoms with Gasteiger partial charge in [0.15, 0.2) is 11.5 Å². The molecule has 0 saturated carbocycles. The molecule has 0 aliphatic carbocycles. The molecule has 2 heterocycles. The Labute approximate surface area is 119 Å². The molecule has 0 bridgehead atoms. The number of aryl methyl sites for hydroxylation is 1. The van der Waals surface area contributed by atoms with Gasteiger partial charge in [-0.1, -0.05) is 18.2 Å². The predicted molar refractivity (Wildman–Crippen MR) is 76.2 cm³/mol. The maximum atomic E-state index is 5.69. The number of ether oxygens (including phenoxy) is 1. The first-order valence-corrected chi connectivity index (χ1v) is 6.71. The average Bonchev–Trinajstić information content (AvgIpc) is 2.81. The van der Waals surface area contributed by atoms with Crippen LogP contribution in [-0.4, -0.2) is 14.6 Å². The molecule has 0 amide bonds. The van der Waals surface area contributed by atoms with Gasteiger partial charge in [0.05, 0.1) is 0 Å². The molecule has 96 valence electrons. The van der Waals surface area contributed by atoms with Crippen molar-refractivity contribution in [2.45, 2.75) is 13.5 Å². The molecular formula is C14H12BrN3O. The zero-order chi connectivity index (χ0) is 13.2. The zero-order valence-corrected chi connectivity index (χ0v) is 12.0. The fourth-order valence-corrected chi connectivity index (χ4v) is 2.25. The van der Waals surface area contributed by atoms with Crippen LogP contribution in [0, 0.1) is 6.92 Å². The third kappa shape index (κ3) is 2.61. The largest absolute Gasteiger partial charge is 0.486 e. The molecular weight excluding hydrogens is 306 g/mol. The minimum atomic E-state index is 0.359. The van der Waals surface area contributed by atoms with Crippen LogP contribution in [0.1, 0.15) is 11.4 Å². The molecule has 0 radical (unpaired) electrons. The van der Waals surface area contributed by atoms with Crippen LogP contribution in [-0.2, 0) is 6.61 Å². The Hall–Kier alpha value is -1.88. The lowest BCUT2D eigenvalue weighted by molar-refractivity contribution is 0.296. The molecule has 3 rings (SSSR count). The molecule has 0 spiro atoms. The Morgan fingerprint density at radius 3 is 2.84 bits per heavy atom. The summed E-state index contributed by atoms with van der Waals surface area (Å²) < 4.78 is 8.31. The normalized spacial score (nSPS) is 10.8. The molecule has 3 aromatic rings. The Morgan fingerprint density at radius 2 is 2.05 bits per heavy atom. The summed E-state index contributed by atoms with van der Waals surface area (Å²) in [5.41, 5.74) is 1.97. The quantitative estimate of drug-likeness (QED) is 0.695. The molecule has 5 heteroatoms. The van der Waals surface area contributed by atoms with E-state index in [1.807, 2.05) is 49.4 Å². The van der Waals surface area contributed by atoms with Crippen molar-refractivity contribution in [2.24, 2.45) is 0 Å². The minimum absolute atomic E-state index is 0.359. The van der Waals surface area contributed by atoms with Crippen molar-refractivity contribution in [3.8, 4) is 5.75 Å². The van der Waals surface area contributed by atoms with Crippen LogP contribution in [0.4, 0.5) is 0 Å². The van der Waals surface area contributed by atoms with Crippen LogP contribution in [0.2, 0.25) is 0 Å². The van der Waals surface area contributed by atoms with E-state index in [9.17, 15) is 0 Å². The van der Waals surface area contributed by atoms with Gasteiger partial charge in [-0.25, -0.2) is 9.50 Å². The highest BCUT2D eigenvalue weighted by Crippen LogP contribution is 2.15. The van der Waals surface area contributed by atoms with E-state index in [2.05, 4.69) is 26.0 Å². The summed E-state index contributed by atoms with van der Waals surface area (Å²) in [6, 6.07) is 13.7. The fourth-order valence-electron chi connectivity index (χ4n) is 1.83. The first-order chi connectivity index (χ1) is 9.22. The molecule has 19 heavy (non-hydrogen) atoms. The molecule has 0 saturated heterocycles. The van der Waals surface area contributed by atoms with Gasteiger partial charge < -0.3 is 4.74 Å². The highest BCUT2D eigenvalue weighted by atomic mass is 79.9. The van der Waals surface area contributed by atoms with Crippen molar-refractivity contribution < 1.29 is 4.74 Å². The number of fused-ring (bicyclic) bond motifs is 1. The van der Waals surface area contributed by atoms with Crippen LogP contribution in [0.3, 0.4) is 0 Å². The van der Waals surface area contributed by atoms with Crippen molar-refractivity contribution >= 4 is 21.6 Å². The van der Waals surface area contributed by atoms with Gasteiger partial charge >= 0.3 is 0 Å². The molecule has 0 N–H and O–H groups in total. The second-order valence-corrected chi connectivity index (χ2v) is 5.06. The van der Waals surface area contributed by atoms with Crippen LogP contribution in [0.25, 0.3) is 5.65 Å². The number of hydrogen-bond donors (Lipinski definition) is 0. The molecule has 4 nitrogen and oxygen atoms in total. The lowest BCUT2D eigenvalue weighted by atomic mass is 10.2. The number of nitrogens with zero attached hydrogens (tertiary/aromatic N) is 3. The highest BCUT2D eigenvalue weighted by Gasteiger charge is 2.06. The predicted octanol–water partition coefficient (Wildman–Crippen LogP) is 3.38. The Kier molecular flexibility index (Phi) is 3.21. The topological polar surface area (TPSA) is 39.4 Å². The summed E-state index contributed by atoms with van der Waals surface area (Å²) >= 11 is 3.44. The van der Waals surface area contributed by atoms with Gasteiger partial charge in [0.1, 0.15) is 17.0 Å². The standard InChI is InChI=1S/C14H12BrN3O/c1-10-4-2-5-11(8-10)19-9-13-16-14-7-3-6-12(15)18(14)17-13/h2-8H,9H2,1H3. The van der Waals surface area contributed by atoms with Crippen molar-refractivity contribution in [3.05, 3.63) is 58.5 Å². The van der Waals surface area contributed by atoms with E-state index in [0.717, 1.165) is 16.0 Å². The number of aromatic nitrogens is 3. The van der Waals surface area contributed by atoms with Gasteiger partial charge in [0.2, 0.25) is 0 Å². The van der Waals surface area contributed by atoms with Crippen LogP contribution in [0.15, 0.2) is 47.1 Å². The number of halogens is 1. The van der Waals surface area contributed by atoms with Crippen LogP contribution >= 0.6 is 15.9 Å². The van der Waals surface area contributed by atoms with Gasteiger partial charge in [-0.05, 0) is 52.7 Å². The first-order valence-electron chi connectivity index (χ1n) is 5.92. The minimum Gasteiger partial charge on any atom is -0.486 e. The maximum absolute atomic E-state index is 5.69. The molecule has 0 atom stereocenters. The average molecular weight is 318 g/mol. The van der Waals surface area contributed by atoms with Crippen molar-refractivity contribution in [2.75, 3.05) is 0 Å². The highest BCUT2D eigenvalue weighted by molar-refractivity contribution is 9.10. The van der Waals surface area contributed by atoms with Crippen molar-refractivity contribution in [3.63, 3.8) is 0 Å². The van der Waals surface area contributed by atoms with Gasteiger partial charge in [-0.15, -0.1) is 5.10 Å². The van der Waals surface area contributed by atoms with Gasteiger partial charge in [0, 0.05) is 0 Å². The zero-order valence-electron chi connectivity index (χ0n) is 10.4. The monoisotopic (exact) mass is 317 g/mol. The number of pyridine rings is 1. The summed E-state index contributed by atoms with van der Waals surface area (Å²) in [6.45, 7) is 2.39. The van der Waals surface area contributed by atoms with E-state index >= 15 is 0 Å². The Balaban J connectivity index is 1.80. The summed E-state index contributed by atoms with van der Waals surface area (Å²) in [5, 5.41) is 4.38. The summed E-state index contributed by atoms with van der Waals surface area (Å²) in [7, 11) is 0. The first kappa shape index (κ1) is 12.2. The van der Waals surface area contributed by atoms with Gasteiger partial charge in [-0.3, -0.25) is 0 Å². The molecule has 0 fully saturated rings. The lowest BCUT2D eigenvalue weighted by Crippen LogP contribution is -1.98. The molecule has 1 aromatic carbocycles. The van der Waals surface area contributed by atoms with E-state index in [1.165, 1.54) is 5.56 Å². The van der Waals surface area contributed by atoms with Crippen LogP contribution in [0.5, 0.6) is 5.75 Å². The molecule has 0 unspecified atom stereocenters. The number of rotatable bonds is 3. The molecule has 0 aliphatic rings. The smallest absolute Gasteiger partial charge is 0.189 e. The van der Waals surface area contributed by atoms with Gasteiger partial charge in [0.25, 0.3) is 0 Å². The second-order valence-electron chi connectivity index (χ2n) is 4.25. The fraction of sp³-hybridized carbons (Fsp3) is 0.143. The van der Waals surface area contributed by atoms with E-state index in [0.29, 0.717) is 12.4 Å². The third-order valence-corrected chi connectivity index (χ3v) is 3.32. The number of hydrogen-bond acceptors (Lipinski definition) is 3. The third-order valence-electron chi connectivity index (χ3n) is 2.71. The van der Waals surface area contributed by atoms with Crippen LogP contribution < -0.4 is 4.74 Å². The Bertz CT molecular complexity index is 724. The molecule has 0 aliphatic heterocycles. The summed E-state index contributed by atoms with van der Waals surface area (Å²) in [5.74, 6) is 1.49. The lowest BCUT2D eigenvalue weighted by Gasteiger charge is -2.03. The number of benzene rings is 1. The van der Waals surface area contributed by atoms with E-state index < -0.39 is 0 Å². The maximum Gasteiger partial charge on any atom is 0.189 e. The molecule has 2 aromatic heterocycles. The Morgan fingerprint density at radius 1 is 1.21 bits per heavy atom. The van der Waals surface area contributed by atoms with Crippen molar-refractivity contribution in [1.29, 1.82) is 0 Å². The van der Waals surface area contributed by atoms with E-state index in [1.54, 1.807) is 4.52 Å². The summed E-state index contributed by atoms with van der Waals surface area (Å²) in [4.78, 5) is 4.41. The SMILES string of the molecule is Cc1cccc(OCc2nc3cccc(Br)n3n2)c1. The van der Waals surface area contributed by atoms with Crippen molar-refractivity contribution in [1.82, 2.24) is 14.6 Å².